The Balaban J connectivity index is 0.000000214. The summed E-state index contributed by atoms with van der Waals surface area (Å²) in [5.41, 5.74) is 0. The van der Waals surface area contributed by atoms with Crippen LogP contribution in [0.15, 0.2) is 70.5 Å². The summed E-state index contributed by atoms with van der Waals surface area (Å²) >= 11 is 0. The summed E-state index contributed by atoms with van der Waals surface area (Å²) in [6, 6.07) is 12.8. The maximum Gasteiger partial charge on any atom is 0.324 e. The van der Waals surface area contributed by atoms with Gasteiger partial charge in [0.25, 0.3) is 0 Å². The molecule has 0 aromatic heterocycles. The maximum absolute atomic E-state index is 12.5. The van der Waals surface area contributed by atoms with Crippen molar-refractivity contribution in [2.24, 2.45) is 11.8 Å². The maximum atomic E-state index is 12.5. The Morgan fingerprint density at radius 2 is 1.09 bits per heavy atom. The first-order valence-electron chi connectivity index (χ1n) is 19.6. The van der Waals surface area contributed by atoms with Crippen LogP contribution >= 0.6 is 0 Å². The lowest BCUT2D eigenvalue weighted by Gasteiger charge is -2.12. The summed E-state index contributed by atoms with van der Waals surface area (Å²) in [6.45, 7) is 2.48. The molecule has 0 spiro atoms. The molecule has 306 valence electrons. The third kappa shape index (κ3) is 14.6. The molecule has 2 saturated carbocycles. The number of benzene rings is 2. The highest BCUT2D eigenvalue weighted by Crippen LogP contribution is 2.31. The summed E-state index contributed by atoms with van der Waals surface area (Å²) in [4.78, 5) is 48.5. The van der Waals surface area contributed by atoms with Crippen molar-refractivity contribution in [2.75, 3.05) is 50.9 Å². The van der Waals surface area contributed by atoms with E-state index in [1.165, 1.54) is 35.5 Å². The average Bonchev–Trinajstić information content (AvgIpc) is 4.11. The normalized spacial score (nSPS) is 17.2. The van der Waals surface area contributed by atoms with Crippen LogP contribution in [-0.4, -0.2) is 101 Å². The molecule has 0 bridgehead atoms. The fourth-order valence-electron chi connectivity index (χ4n) is 6.04. The van der Waals surface area contributed by atoms with Gasteiger partial charge in [-0.3, -0.25) is 20.2 Å². The number of imide groups is 2. The summed E-state index contributed by atoms with van der Waals surface area (Å²) in [6.07, 6.45) is 14.6. The number of nitrogens with zero attached hydrogens (tertiary/aromatic N) is 2. The topological polar surface area (TPSA) is 186 Å². The molecular formula is C40H54N4O10S2. The van der Waals surface area contributed by atoms with Crippen molar-refractivity contribution >= 4 is 43.6 Å². The number of hydrogen-bond acceptors (Lipinski definition) is 10. The van der Waals surface area contributed by atoms with Gasteiger partial charge in [-0.05, 0) is 106 Å². The van der Waals surface area contributed by atoms with Gasteiger partial charge >= 0.3 is 12.1 Å². The Hall–Kier alpha value is -4.44. The number of nitrogens with one attached hydrogen (secondary N) is 2. The van der Waals surface area contributed by atoms with Crippen LogP contribution in [0.1, 0.15) is 77.0 Å². The second-order valence-corrected chi connectivity index (χ2v) is 19.1. The second-order valence-electron chi connectivity index (χ2n) is 14.8. The van der Waals surface area contributed by atoms with E-state index in [9.17, 15) is 36.0 Å². The zero-order valence-electron chi connectivity index (χ0n) is 31.9. The lowest BCUT2D eigenvalue weighted by atomic mass is 10.1. The highest BCUT2D eigenvalue weighted by atomic mass is 32.2. The van der Waals surface area contributed by atoms with Crippen molar-refractivity contribution in [3.63, 3.8) is 0 Å². The van der Waals surface area contributed by atoms with Gasteiger partial charge < -0.3 is 19.3 Å². The monoisotopic (exact) mass is 814 g/mol. The minimum atomic E-state index is -3.33. The van der Waals surface area contributed by atoms with Crippen molar-refractivity contribution in [3.05, 3.63) is 60.7 Å². The van der Waals surface area contributed by atoms with Crippen LogP contribution in [0.2, 0.25) is 0 Å². The molecule has 0 radical (unpaired) electrons. The lowest BCUT2D eigenvalue weighted by molar-refractivity contribution is -0.119. The van der Waals surface area contributed by atoms with Gasteiger partial charge in [0.05, 0.1) is 34.5 Å². The minimum Gasteiger partial charge on any atom is -0.493 e. The molecule has 6 rings (SSSR count). The largest absolute Gasteiger partial charge is 0.493 e. The molecule has 2 aromatic rings. The first-order chi connectivity index (χ1) is 26.9. The number of allylic oxidation sites excluding steroid dienone is 1. The smallest absolute Gasteiger partial charge is 0.324 e. The molecule has 2 aliphatic heterocycles. The second kappa shape index (κ2) is 20.6. The minimum absolute atomic E-state index is 0.0881. The number of carbonyl (C=O) groups is 4. The van der Waals surface area contributed by atoms with Crippen molar-refractivity contribution in [1.29, 1.82) is 0 Å². The zero-order chi connectivity index (χ0) is 40.0. The SMILES string of the molecule is O=C1CN(C/C=C/CCCCS(=O)(=O)c2cccc(OCC3CC3)c2)C(=O)N1.O=C1CN(CCCCCCCS(=O)(=O)c2cccc(OCC3CC3)c2)C(=O)N1. The van der Waals surface area contributed by atoms with E-state index >= 15 is 0 Å². The van der Waals surface area contributed by atoms with Crippen LogP contribution in [-0.2, 0) is 29.3 Å². The summed E-state index contributed by atoms with van der Waals surface area (Å²) < 4.78 is 61.4. The third-order valence-electron chi connectivity index (χ3n) is 9.80. The van der Waals surface area contributed by atoms with Crippen molar-refractivity contribution in [2.45, 2.75) is 86.8 Å². The van der Waals surface area contributed by atoms with E-state index in [4.69, 9.17) is 9.47 Å². The van der Waals surface area contributed by atoms with Gasteiger partial charge in [-0.25, -0.2) is 26.4 Å². The number of amides is 6. The van der Waals surface area contributed by atoms with Crippen LogP contribution in [0.4, 0.5) is 9.59 Å². The molecular weight excluding hydrogens is 761 g/mol. The third-order valence-corrected chi connectivity index (χ3v) is 13.4. The van der Waals surface area contributed by atoms with Gasteiger partial charge in [-0.1, -0.05) is 43.5 Å². The Labute approximate surface area is 330 Å². The summed E-state index contributed by atoms with van der Waals surface area (Å²) in [5.74, 6) is 2.16. The van der Waals surface area contributed by atoms with E-state index < -0.39 is 19.7 Å². The first kappa shape index (κ1) is 42.7. The average molecular weight is 815 g/mol. The van der Waals surface area contributed by atoms with Crippen LogP contribution in [0.3, 0.4) is 0 Å². The fourth-order valence-corrected chi connectivity index (χ4v) is 8.84. The Morgan fingerprint density at radius 3 is 1.59 bits per heavy atom. The number of unbranched alkanes of at least 4 members (excludes halogenated alkanes) is 6. The van der Waals surface area contributed by atoms with E-state index in [1.807, 2.05) is 12.2 Å². The number of urea groups is 2. The number of ether oxygens (including phenoxy) is 2. The predicted molar refractivity (Wildman–Crippen MR) is 210 cm³/mol. The van der Waals surface area contributed by atoms with Gasteiger partial charge in [0.2, 0.25) is 11.8 Å². The van der Waals surface area contributed by atoms with Gasteiger partial charge in [0, 0.05) is 13.1 Å². The summed E-state index contributed by atoms with van der Waals surface area (Å²) in [7, 11) is -6.63. The van der Waals surface area contributed by atoms with Crippen molar-refractivity contribution in [3.8, 4) is 11.5 Å². The first-order valence-corrected chi connectivity index (χ1v) is 22.9. The Kier molecular flexibility index (Phi) is 15.7. The van der Waals surface area contributed by atoms with E-state index in [1.54, 1.807) is 48.5 Å². The molecule has 6 amide bonds. The number of rotatable bonds is 23. The van der Waals surface area contributed by atoms with E-state index in [0.29, 0.717) is 72.3 Å². The van der Waals surface area contributed by atoms with Gasteiger partial charge in [-0.2, -0.15) is 0 Å². The number of carbonyl (C=O) groups excluding carboxylic acids is 4. The number of sulfone groups is 2. The molecule has 2 aromatic carbocycles. The van der Waals surface area contributed by atoms with Crippen LogP contribution in [0.5, 0.6) is 11.5 Å². The summed E-state index contributed by atoms with van der Waals surface area (Å²) in [5, 5.41) is 4.47. The van der Waals surface area contributed by atoms with Crippen molar-refractivity contribution in [1.82, 2.24) is 20.4 Å². The van der Waals surface area contributed by atoms with Crippen LogP contribution < -0.4 is 20.1 Å². The molecule has 56 heavy (non-hydrogen) atoms. The fraction of sp³-hybridized carbons (Fsp3) is 0.550. The van der Waals surface area contributed by atoms with E-state index in [0.717, 1.165) is 38.5 Å². The molecule has 2 aliphatic carbocycles. The standard InChI is InChI=1S/C20H28N2O5S.C20H26N2O5S/c2*23-19-14-22(20(24)21-19)11-4-2-1-3-5-12-28(25,26)18-8-6-7-17(13-18)27-15-16-9-10-16/h6-8,13,16H,1-5,9-12,14-15H2,(H,21,23,24);2,4,6-8,13,16H,1,3,5,9-12,14-15H2,(H,21,23,24)/b;4-2+. The molecule has 4 fully saturated rings. The molecule has 2 N–H and O–H groups in total. The molecule has 0 unspecified atom stereocenters. The van der Waals surface area contributed by atoms with Gasteiger partial charge in [0.15, 0.2) is 19.7 Å². The van der Waals surface area contributed by atoms with E-state index in [-0.39, 0.29) is 48.5 Å². The van der Waals surface area contributed by atoms with Crippen LogP contribution in [0, 0.1) is 11.8 Å². The zero-order valence-corrected chi connectivity index (χ0v) is 33.5. The Morgan fingerprint density at radius 1 is 0.607 bits per heavy atom. The molecule has 2 saturated heterocycles. The molecule has 0 atom stereocenters. The molecule has 4 aliphatic rings. The highest BCUT2D eigenvalue weighted by Gasteiger charge is 2.27. The Bertz CT molecular complexity index is 1930. The molecule has 14 nitrogen and oxygen atoms in total. The predicted octanol–water partition coefficient (Wildman–Crippen LogP) is 5.28. The molecule has 2 heterocycles. The quantitative estimate of drug-likeness (QED) is 0.0850. The van der Waals surface area contributed by atoms with Gasteiger partial charge in [0.1, 0.15) is 24.6 Å². The molecule has 16 heteroatoms. The highest BCUT2D eigenvalue weighted by molar-refractivity contribution is 7.91. The lowest BCUT2D eigenvalue weighted by Crippen LogP contribution is -2.29. The van der Waals surface area contributed by atoms with Crippen LogP contribution in [0.25, 0.3) is 0 Å². The van der Waals surface area contributed by atoms with Crippen molar-refractivity contribution < 1.29 is 45.5 Å². The number of hydrogen-bond donors (Lipinski definition) is 2. The van der Waals surface area contributed by atoms with Gasteiger partial charge in [-0.15, -0.1) is 0 Å². The van der Waals surface area contributed by atoms with E-state index in [2.05, 4.69) is 10.6 Å².